The van der Waals surface area contributed by atoms with Crippen molar-refractivity contribution in [3.05, 3.63) is 326 Å². The van der Waals surface area contributed by atoms with Crippen molar-refractivity contribution in [1.82, 2.24) is 0 Å². The zero-order chi connectivity index (χ0) is 55.9. The lowest BCUT2D eigenvalue weighted by atomic mass is 10.0. The number of aryl methyl sites for hydroxylation is 1. The molecule has 0 radical (unpaired) electrons. The molecule has 1 aliphatic carbocycles. The minimum Gasteiger partial charge on any atom is -0.314 e. The Morgan fingerprint density at radius 3 is 1.05 bits per heavy atom. The van der Waals surface area contributed by atoms with Gasteiger partial charge in [0.05, 0.1) is 0 Å². The molecule has 3 heteroatoms. The Hall–Kier alpha value is -9.44. The number of allylic oxidation sites excluding steroid dienone is 13. The zero-order valence-electron chi connectivity index (χ0n) is 47.5. The molecule has 0 amide bonds. The van der Waals surface area contributed by atoms with Crippen molar-refractivity contribution in [2.24, 2.45) is 0 Å². The molecule has 0 N–H and O–H groups in total. The second-order valence-electron chi connectivity index (χ2n) is 19.2. The lowest BCUT2D eigenvalue weighted by Gasteiger charge is -2.29. The van der Waals surface area contributed by atoms with Gasteiger partial charge < -0.3 is 14.7 Å². The summed E-state index contributed by atoms with van der Waals surface area (Å²) in [6.07, 6.45) is 24.1. The topological polar surface area (TPSA) is 9.72 Å². The predicted molar refractivity (Wildman–Crippen MR) is 350 cm³/mol. The van der Waals surface area contributed by atoms with E-state index < -0.39 is 0 Å². The second kappa shape index (κ2) is 29.3. The highest BCUT2D eigenvalue weighted by atomic mass is 15.2. The van der Waals surface area contributed by atoms with Crippen LogP contribution in [0.3, 0.4) is 0 Å². The van der Waals surface area contributed by atoms with Gasteiger partial charge in [0, 0.05) is 51.2 Å². The van der Waals surface area contributed by atoms with E-state index in [0.717, 1.165) is 64.8 Å². The first-order chi connectivity index (χ1) is 39.4. The van der Waals surface area contributed by atoms with Crippen LogP contribution in [0, 0.1) is 6.92 Å². The quantitative estimate of drug-likeness (QED) is 0.0842. The molecule has 3 nitrogen and oxygen atoms in total. The first-order valence-electron chi connectivity index (χ1n) is 28.1. The van der Waals surface area contributed by atoms with Gasteiger partial charge in [0.2, 0.25) is 0 Å². The van der Waals surface area contributed by atoms with Crippen LogP contribution in [0.25, 0.3) is 33.4 Å². The average Bonchev–Trinajstić information content (AvgIpc) is 3.57. The van der Waals surface area contributed by atoms with E-state index in [1.54, 1.807) is 0 Å². The largest absolute Gasteiger partial charge is 0.314 e. The van der Waals surface area contributed by atoms with Crippen LogP contribution >= 0.6 is 0 Å². The third-order valence-electron chi connectivity index (χ3n) is 13.9. The molecule has 0 atom stereocenters. The van der Waals surface area contributed by atoms with Gasteiger partial charge in [-0.05, 0) is 195 Å². The van der Waals surface area contributed by atoms with E-state index in [1.807, 2.05) is 45.9 Å². The molecule has 0 aromatic heterocycles. The van der Waals surface area contributed by atoms with Crippen molar-refractivity contribution >= 4 is 45.5 Å². The van der Waals surface area contributed by atoms with Crippen LogP contribution in [-0.2, 0) is 0 Å². The van der Waals surface area contributed by atoms with Crippen LogP contribution in [0.5, 0.6) is 0 Å². The number of hydrogen-bond donors (Lipinski definition) is 0. The summed E-state index contributed by atoms with van der Waals surface area (Å²) in [5.74, 6) is 0. The number of para-hydroxylation sites is 3. The molecule has 0 heterocycles. The predicted octanol–water partition coefficient (Wildman–Crippen LogP) is 22.9. The summed E-state index contributed by atoms with van der Waals surface area (Å²) in [5, 5.41) is 0. The van der Waals surface area contributed by atoms with E-state index in [2.05, 4.69) is 314 Å². The highest BCUT2D eigenvalue weighted by Crippen LogP contribution is 2.40. The standard InChI is InChI=1S/C61H49N3.C14H20.C2H6/c1-46-22-24-47(25-23-46)48-26-38-58(39-27-48)63(55-18-10-4-11-19-55)59-42-32-51(33-43-59)52-34-44-61(45-35-52)64(56-20-12-5-13-21-56)60-40-30-50(31-41-60)49-28-36-57(37-29-49)62(53-14-6-2-7-15-53)54-16-8-3-9-17-54;1-5-9-11-14(8-4)12-13(7-3)10-6-2;1-2/h2-10,12-18,20-45H,11,19H2,1H3;5-11H,4,12H2,1-3H3;1-2H3/b;9-5-,10-6-,13-7+,14-11+;. The Labute approximate surface area is 478 Å². The number of hydrogen-bond acceptors (Lipinski definition) is 3. The smallest absolute Gasteiger partial charge is 0.0462 e. The summed E-state index contributed by atoms with van der Waals surface area (Å²) in [4.78, 5) is 7.02. The van der Waals surface area contributed by atoms with E-state index in [4.69, 9.17) is 0 Å². The van der Waals surface area contributed by atoms with Crippen LogP contribution in [0.2, 0.25) is 0 Å². The first kappa shape index (κ1) is 56.8. The molecular formula is C77H75N3. The summed E-state index contributed by atoms with van der Waals surface area (Å²) in [6, 6.07) is 85.1. The third-order valence-corrected chi connectivity index (χ3v) is 13.9. The fourth-order valence-electron chi connectivity index (χ4n) is 9.77. The Morgan fingerprint density at radius 1 is 0.412 bits per heavy atom. The molecule has 9 aromatic rings. The molecule has 0 bridgehead atoms. The summed E-state index contributed by atoms with van der Waals surface area (Å²) in [7, 11) is 0. The molecule has 80 heavy (non-hydrogen) atoms. The number of nitrogens with zero attached hydrogens (tertiary/aromatic N) is 3. The van der Waals surface area contributed by atoms with Crippen molar-refractivity contribution in [2.75, 3.05) is 14.7 Å². The zero-order valence-corrected chi connectivity index (χ0v) is 47.5. The number of anilines is 8. The minimum atomic E-state index is 0.953. The van der Waals surface area contributed by atoms with E-state index in [0.29, 0.717) is 0 Å². The molecule has 0 fully saturated rings. The summed E-state index contributed by atoms with van der Waals surface area (Å²) in [6.45, 7) is 16.0. The van der Waals surface area contributed by atoms with Gasteiger partial charge >= 0.3 is 0 Å². The number of benzene rings is 9. The van der Waals surface area contributed by atoms with E-state index in [-0.39, 0.29) is 0 Å². The van der Waals surface area contributed by atoms with Gasteiger partial charge in [0.15, 0.2) is 0 Å². The number of rotatable bonds is 17. The molecular weight excluding hydrogens is 967 g/mol. The lowest BCUT2D eigenvalue weighted by Crippen LogP contribution is -2.17. The Morgan fingerprint density at radius 2 is 0.750 bits per heavy atom. The van der Waals surface area contributed by atoms with Crippen LogP contribution in [0.1, 0.15) is 59.4 Å². The maximum absolute atomic E-state index is 3.81. The SMILES string of the molecule is C=C/C(=C\C=C/C)CC(/C=C\C)=C/C.CC.Cc1ccc(-c2ccc(N(C3=CC=CCC3)c3ccc(-c4ccc(N(c5ccccc5)c5ccc(-c6ccc(N(c7ccccc7)c7ccccc7)cc6)cc5)cc4)cc3)cc2)cc1. The van der Waals surface area contributed by atoms with Crippen LogP contribution in [0.15, 0.2) is 321 Å². The molecule has 0 saturated carbocycles. The summed E-state index contributed by atoms with van der Waals surface area (Å²) >= 11 is 0. The van der Waals surface area contributed by atoms with Crippen LogP contribution < -0.4 is 14.7 Å². The average molecular weight is 1040 g/mol. The molecule has 1 aliphatic rings. The Balaban J connectivity index is 0.000000461. The van der Waals surface area contributed by atoms with Crippen LogP contribution in [0.4, 0.5) is 45.5 Å². The molecule has 0 aliphatic heterocycles. The van der Waals surface area contributed by atoms with Gasteiger partial charge in [-0.2, -0.15) is 0 Å². The maximum atomic E-state index is 3.81. The normalized spacial score (nSPS) is 12.2. The van der Waals surface area contributed by atoms with Crippen molar-refractivity contribution < 1.29 is 0 Å². The Kier molecular flexibility index (Phi) is 20.8. The molecule has 0 unspecified atom stereocenters. The monoisotopic (exact) mass is 1040 g/mol. The molecule has 398 valence electrons. The Bertz CT molecular complexity index is 3470. The van der Waals surface area contributed by atoms with Crippen molar-refractivity contribution in [1.29, 1.82) is 0 Å². The molecule has 0 saturated heterocycles. The van der Waals surface area contributed by atoms with Crippen molar-refractivity contribution in [3.8, 4) is 33.4 Å². The molecule has 10 rings (SSSR count). The first-order valence-corrected chi connectivity index (χ1v) is 28.1. The summed E-state index contributed by atoms with van der Waals surface area (Å²) < 4.78 is 0. The van der Waals surface area contributed by atoms with Gasteiger partial charge in [-0.1, -0.05) is 220 Å². The van der Waals surface area contributed by atoms with Gasteiger partial charge in [-0.25, -0.2) is 0 Å². The van der Waals surface area contributed by atoms with Gasteiger partial charge in [-0.3, -0.25) is 0 Å². The highest BCUT2D eigenvalue weighted by Gasteiger charge is 2.18. The van der Waals surface area contributed by atoms with E-state index >= 15 is 0 Å². The fourth-order valence-corrected chi connectivity index (χ4v) is 9.77. The third kappa shape index (κ3) is 14.8. The van der Waals surface area contributed by atoms with Gasteiger partial charge in [-0.15, -0.1) is 0 Å². The maximum Gasteiger partial charge on any atom is 0.0462 e. The van der Waals surface area contributed by atoms with Crippen molar-refractivity contribution in [2.45, 2.75) is 60.8 Å². The minimum absolute atomic E-state index is 0.953. The lowest BCUT2D eigenvalue weighted by molar-refractivity contribution is 0.918. The van der Waals surface area contributed by atoms with Gasteiger partial charge in [0.1, 0.15) is 0 Å². The van der Waals surface area contributed by atoms with Gasteiger partial charge in [0.25, 0.3) is 0 Å². The second-order valence-corrected chi connectivity index (χ2v) is 19.2. The molecule has 0 spiro atoms. The van der Waals surface area contributed by atoms with Crippen molar-refractivity contribution in [3.63, 3.8) is 0 Å². The highest BCUT2D eigenvalue weighted by molar-refractivity contribution is 5.82. The van der Waals surface area contributed by atoms with Crippen LogP contribution in [-0.4, -0.2) is 0 Å². The summed E-state index contributed by atoms with van der Waals surface area (Å²) in [5.41, 5.74) is 21.3. The van der Waals surface area contributed by atoms with E-state index in [9.17, 15) is 0 Å². The molecule has 9 aromatic carbocycles. The fraction of sp³-hybridized carbons (Fsp3) is 0.117. The van der Waals surface area contributed by atoms with E-state index in [1.165, 1.54) is 55.8 Å².